The molecule has 1 rings (SSSR count). The van der Waals surface area contributed by atoms with Crippen LogP contribution in [0.3, 0.4) is 0 Å². The zero-order valence-corrected chi connectivity index (χ0v) is 7.09. The number of allylic oxidation sites excluding steroid dienone is 4. The standard InChI is InChI=1S/C10H16/c1-4-9-5-6-10(7-9)8(2)3/h5-8,10H,4H2,1-3H3. The molecule has 10 heavy (non-hydrogen) atoms. The number of hydrogen-bond donors (Lipinski definition) is 0. The highest BCUT2D eigenvalue weighted by Crippen LogP contribution is 2.24. The van der Waals surface area contributed by atoms with E-state index in [2.05, 4.69) is 39.0 Å². The van der Waals surface area contributed by atoms with E-state index in [1.54, 1.807) is 0 Å². The third kappa shape index (κ3) is 1.50. The van der Waals surface area contributed by atoms with Gasteiger partial charge < -0.3 is 0 Å². The van der Waals surface area contributed by atoms with Crippen LogP contribution in [0.2, 0.25) is 0 Å². The molecule has 0 spiro atoms. The molecule has 56 valence electrons. The maximum Gasteiger partial charge on any atom is -0.00214 e. The Morgan fingerprint density at radius 2 is 2.20 bits per heavy atom. The van der Waals surface area contributed by atoms with Crippen LogP contribution in [0.15, 0.2) is 23.8 Å². The maximum atomic E-state index is 2.38. The summed E-state index contributed by atoms with van der Waals surface area (Å²) in [5.74, 6) is 1.47. The largest absolute Gasteiger partial charge is 0.0771 e. The Hall–Kier alpha value is -0.520. The first kappa shape index (κ1) is 7.59. The molecule has 0 fully saturated rings. The van der Waals surface area contributed by atoms with Gasteiger partial charge in [0.05, 0.1) is 0 Å². The Kier molecular flexibility index (Phi) is 2.31. The van der Waals surface area contributed by atoms with Crippen LogP contribution in [0.4, 0.5) is 0 Å². The molecular formula is C10H16. The summed E-state index contributed by atoms with van der Waals surface area (Å²) in [6, 6.07) is 0. The van der Waals surface area contributed by atoms with Crippen molar-refractivity contribution < 1.29 is 0 Å². The van der Waals surface area contributed by atoms with Crippen LogP contribution in [0.1, 0.15) is 27.2 Å². The summed E-state index contributed by atoms with van der Waals surface area (Å²) in [5, 5.41) is 0. The summed E-state index contributed by atoms with van der Waals surface area (Å²) in [6.45, 7) is 6.74. The van der Waals surface area contributed by atoms with E-state index in [4.69, 9.17) is 0 Å². The quantitative estimate of drug-likeness (QED) is 0.547. The highest BCUT2D eigenvalue weighted by molar-refractivity contribution is 5.28. The third-order valence-corrected chi connectivity index (χ3v) is 2.12. The first-order valence-electron chi connectivity index (χ1n) is 4.13. The van der Waals surface area contributed by atoms with Gasteiger partial charge in [-0.3, -0.25) is 0 Å². The first-order chi connectivity index (χ1) is 4.74. The monoisotopic (exact) mass is 136 g/mol. The molecular weight excluding hydrogens is 120 g/mol. The van der Waals surface area contributed by atoms with E-state index in [1.165, 1.54) is 12.0 Å². The summed E-state index contributed by atoms with van der Waals surface area (Å²) in [7, 11) is 0. The Bertz CT molecular complexity index is 161. The van der Waals surface area contributed by atoms with Crippen molar-refractivity contribution in [2.24, 2.45) is 11.8 Å². The fraction of sp³-hybridized carbons (Fsp3) is 0.600. The number of rotatable bonds is 2. The fourth-order valence-electron chi connectivity index (χ4n) is 1.24. The van der Waals surface area contributed by atoms with Gasteiger partial charge in [-0.1, -0.05) is 44.6 Å². The predicted octanol–water partition coefficient (Wildman–Crippen LogP) is 3.16. The molecule has 0 saturated carbocycles. The van der Waals surface area contributed by atoms with E-state index in [1.807, 2.05) is 0 Å². The van der Waals surface area contributed by atoms with Crippen LogP contribution in [0.5, 0.6) is 0 Å². The van der Waals surface area contributed by atoms with Gasteiger partial charge in [0, 0.05) is 0 Å². The predicted molar refractivity (Wildman–Crippen MR) is 45.8 cm³/mol. The minimum Gasteiger partial charge on any atom is -0.0771 e. The SMILES string of the molecule is CCC1=CC(C(C)C)C=C1. The molecule has 0 radical (unpaired) electrons. The van der Waals surface area contributed by atoms with Crippen molar-refractivity contribution in [3.05, 3.63) is 23.8 Å². The van der Waals surface area contributed by atoms with Crippen LogP contribution >= 0.6 is 0 Å². The van der Waals surface area contributed by atoms with Gasteiger partial charge in [0.15, 0.2) is 0 Å². The summed E-state index contributed by atoms with van der Waals surface area (Å²) < 4.78 is 0. The Morgan fingerprint density at radius 3 is 2.50 bits per heavy atom. The molecule has 0 N–H and O–H groups in total. The molecule has 1 aliphatic rings. The molecule has 1 atom stereocenters. The van der Waals surface area contributed by atoms with Gasteiger partial charge in [-0.05, 0) is 18.3 Å². The average molecular weight is 136 g/mol. The number of hydrogen-bond acceptors (Lipinski definition) is 0. The minimum absolute atomic E-state index is 0.704. The van der Waals surface area contributed by atoms with Crippen molar-refractivity contribution in [2.45, 2.75) is 27.2 Å². The van der Waals surface area contributed by atoms with Crippen LogP contribution in [-0.2, 0) is 0 Å². The summed E-state index contributed by atoms with van der Waals surface area (Å²) in [5.41, 5.74) is 1.50. The van der Waals surface area contributed by atoms with Crippen molar-refractivity contribution in [3.8, 4) is 0 Å². The lowest BCUT2D eigenvalue weighted by Crippen LogP contribution is -1.98. The molecule has 1 unspecified atom stereocenters. The van der Waals surface area contributed by atoms with Gasteiger partial charge in [-0.15, -0.1) is 0 Å². The van der Waals surface area contributed by atoms with Crippen molar-refractivity contribution in [2.75, 3.05) is 0 Å². The van der Waals surface area contributed by atoms with E-state index in [-0.39, 0.29) is 0 Å². The molecule has 0 aromatic rings. The molecule has 0 aliphatic heterocycles. The Balaban J connectivity index is 2.57. The summed E-state index contributed by atoms with van der Waals surface area (Å²) >= 11 is 0. The van der Waals surface area contributed by atoms with Gasteiger partial charge in [-0.25, -0.2) is 0 Å². The van der Waals surface area contributed by atoms with E-state index in [9.17, 15) is 0 Å². The van der Waals surface area contributed by atoms with Gasteiger partial charge in [0.2, 0.25) is 0 Å². The zero-order valence-electron chi connectivity index (χ0n) is 7.09. The van der Waals surface area contributed by atoms with Gasteiger partial charge in [0.25, 0.3) is 0 Å². The van der Waals surface area contributed by atoms with Crippen molar-refractivity contribution in [1.29, 1.82) is 0 Å². The third-order valence-electron chi connectivity index (χ3n) is 2.12. The van der Waals surface area contributed by atoms with Gasteiger partial charge in [-0.2, -0.15) is 0 Å². The molecule has 0 saturated heterocycles. The molecule has 0 amide bonds. The van der Waals surface area contributed by atoms with E-state index in [0.29, 0.717) is 5.92 Å². The van der Waals surface area contributed by atoms with Gasteiger partial charge in [0.1, 0.15) is 0 Å². The average Bonchev–Trinajstić information content (AvgIpc) is 2.34. The van der Waals surface area contributed by atoms with Crippen LogP contribution in [0, 0.1) is 11.8 Å². The smallest absolute Gasteiger partial charge is 0.00214 e. The fourth-order valence-corrected chi connectivity index (χ4v) is 1.24. The van der Waals surface area contributed by atoms with Crippen molar-refractivity contribution >= 4 is 0 Å². The molecule has 0 heteroatoms. The van der Waals surface area contributed by atoms with E-state index < -0.39 is 0 Å². The second kappa shape index (κ2) is 3.05. The van der Waals surface area contributed by atoms with Gasteiger partial charge >= 0.3 is 0 Å². The summed E-state index contributed by atoms with van der Waals surface area (Å²) in [6.07, 6.45) is 8.12. The molecule has 0 aromatic carbocycles. The molecule has 0 heterocycles. The molecule has 1 aliphatic carbocycles. The Labute approximate surface area is 63.6 Å². The maximum absolute atomic E-state index is 2.38. The van der Waals surface area contributed by atoms with E-state index in [0.717, 1.165) is 5.92 Å². The topological polar surface area (TPSA) is 0 Å². The van der Waals surface area contributed by atoms with Crippen molar-refractivity contribution in [1.82, 2.24) is 0 Å². The highest BCUT2D eigenvalue weighted by atomic mass is 14.2. The minimum atomic E-state index is 0.704. The van der Waals surface area contributed by atoms with Crippen LogP contribution in [-0.4, -0.2) is 0 Å². The second-order valence-electron chi connectivity index (χ2n) is 3.28. The lowest BCUT2D eigenvalue weighted by molar-refractivity contribution is 0.554. The molecule has 0 aromatic heterocycles. The first-order valence-corrected chi connectivity index (χ1v) is 4.13. The second-order valence-corrected chi connectivity index (χ2v) is 3.28. The lowest BCUT2D eigenvalue weighted by Gasteiger charge is -2.07. The summed E-state index contributed by atoms with van der Waals surface area (Å²) in [4.78, 5) is 0. The zero-order chi connectivity index (χ0) is 7.56. The highest BCUT2D eigenvalue weighted by Gasteiger charge is 2.10. The van der Waals surface area contributed by atoms with Crippen molar-refractivity contribution in [3.63, 3.8) is 0 Å². The van der Waals surface area contributed by atoms with Crippen LogP contribution in [0.25, 0.3) is 0 Å². The molecule has 0 bridgehead atoms. The molecule has 0 nitrogen and oxygen atoms in total. The van der Waals surface area contributed by atoms with E-state index >= 15 is 0 Å². The van der Waals surface area contributed by atoms with Crippen LogP contribution < -0.4 is 0 Å². The normalized spacial score (nSPS) is 24.0. The Morgan fingerprint density at radius 1 is 1.50 bits per heavy atom. The lowest BCUT2D eigenvalue weighted by atomic mass is 9.98.